The molecule has 0 N–H and O–H groups in total. The Morgan fingerprint density at radius 3 is 1.95 bits per heavy atom. The van der Waals surface area contributed by atoms with Crippen LogP contribution in [-0.2, 0) is 6.11 Å². The Kier molecular flexibility index (Phi) is 9.15. The molecular weight excluding hydrogens is 587 g/mol. The minimum atomic E-state index is -5.01. The van der Waals surface area contributed by atoms with Crippen molar-refractivity contribution in [1.29, 1.82) is 0 Å². The summed E-state index contributed by atoms with van der Waals surface area (Å²) in [5, 5.41) is -0.838. The average molecular weight is 606 g/mol. The maximum Gasteiger partial charge on any atom is 0.458 e. The summed E-state index contributed by atoms with van der Waals surface area (Å²) in [7, 11) is 0. The summed E-state index contributed by atoms with van der Waals surface area (Å²) < 4.78 is 135. The van der Waals surface area contributed by atoms with E-state index in [1.807, 2.05) is 6.92 Å². The van der Waals surface area contributed by atoms with Gasteiger partial charge in [0.15, 0.2) is 0 Å². The lowest BCUT2D eigenvalue weighted by Crippen LogP contribution is -2.25. The zero-order chi connectivity index (χ0) is 31.4. The van der Waals surface area contributed by atoms with Gasteiger partial charge in [-0.25, -0.2) is 17.6 Å². The van der Waals surface area contributed by atoms with E-state index in [1.54, 1.807) is 24.3 Å². The molecule has 0 aromatic heterocycles. The molecule has 222 valence electrons. The van der Waals surface area contributed by atoms with Gasteiger partial charge in [-0.1, -0.05) is 31.1 Å². The predicted molar refractivity (Wildman–Crippen MR) is 141 cm³/mol. The van der Waals surface area contributed by atoms with Crippen molar-refractivity contribution in [2.45, 2.75) is 32.1 Å². The summed E-state index contributed by atoms with van der Waals surface area (Å²) in [6.45, 7) is 2.57. The highest BCUT2D eigenvalue weighted by molar-refractivity contribution is 5.86. The highest BCUT2D eigenvalue weighted by atomic mass is 19.4. The zero-order valence-electron chi connectivity index (χ0n) is 22.1. The molecule has 0 aliphatic rings. The van der Waals surface area contributed by atoms with Crippen molar-refractivity contribution in [2.75, 3.05) is 6.61 Å². The van der Waals surface area contributed by atoms with Gasteiger partial charge < -0.3 is 9.47 Å². The SMILES string of the molecule is CCCCOc1ccc(C#Cc2cc(F)c(C(F)(F)Oc3ccc4c(F)c(C#CC(F)(F)F)c(F)cc4c3)c(F)c2)cc1. The molecule has 2 nitrogen and oxygen atoms in total. The third kappa shape index (κ3) is 7.75. The van der Waals surface area contributed by atoms with Crippen molar-refractivity contribution < 1.29 is 49.0 Å². The van der Waals surface area contributed by atoms with Gasteiger partial charge in [0.25, 0.3) is 0 Å². The van der Waals surface area contributed by atoms with Crippen molar-refractivity contribution in [1.82, 2.24) is 0 Å². The highest BCUT2D eigenvalue weighted by Crippen LogP contribution is 2.37. The number of benzene rings is 4. The van der Waals surface area contributed by atoms with E-state index in [4.69, 9.17) is 4.74 Å². The van der Waals surface area contributed by atoms with E-state index in [1.165, 1.54) is 5.92 Å². The Bertz CT molecular complexity index is 1750. The van der Waals surface area contributed by atoms with Gasteiger partial charge in [-0.2, -0.15) is 22.0 Å². The summed E-state index contributed by atoms with van der Waals surface area (Å²) in [6, 6.07) is 10.6. The minimum absolute atomic E-state index is 0.237. The number of ether oxygens (including phenoxy) is 2. The lowest BCUT2D eigenvalue weighted by atomic mass is 10.0. The predicted octanol–water partition coefficient (Wildman–Crippen LogP) is 9.02. The van der Waals surface area contributed by atoms with Crippen LogP contribution in [0.25, 0.3) is 10.8 Å². The van der Waals surface area contributed by atoms with Crippen molar-refractivity contribution in [3.63, 3.8) is 0 Å². The first-order valence-corrected chi connectivity index (χ1v) is 12.6. The molecule has 0 radical (unpaired) electrons. The molecule has 0 spiro atoms. The Labute approximate surface area is 240 Å². The molecule has 0 atom stereocenters. The standard InChI is InChI=1S/C32H19F9O2/c1-2-3-14-42-22-8-6-19(7-9-22)4-5-20-15-27(34)29(28(35)16-20)32(40,41)43-23-10-11-24-21(17-23)18-26(33)25(30(24)36)12-13-31(37,38)39/h6-11,15-18H,2-3,14H2,1H3. The molecule has 4 rings (SSSR count). The summed E-state index contributed by atoms with van der Waals surface area (Å²) in [4.78, 5) is 0. The average Bonchev–Trinajstić information content (AvgIpc) is 2.91. The van der Waals surface area contributed by atoms with Crippen LogP contribution in [0, 0.1) is 47.0 Å². The Balaban J connectivity index is 1.56. The van der Waals surface area contributed by atoms with Gasteiger partial charge >= 0.3 is 12.3 Å². The Morgan fingerprint density at radius 1 is 0.698 bits per heavy atom. The van der Waals surface area contributed by atoms with E-state index in [-0.39, 0.29) is 10.9 Å². The van der Waals surface area contributed by atoms with Crippen molar-refractivity contribution in [3.8, 4) is 35.2 Å². The molecule has 0 aliphatic carbocycles. The number of hydrogen-bond donors (Lipinski definition) is 0. The van der Waals surface area contributed by atoms with Crippen LogP contribution in [0.2, 0.25) is 0 Å². The number of alkyl halides is 5. The molecular formula is C32H19F9O2. The fourth-order valence-electron chi connectivity index (χ4n) is 3.86. The second kappa shape index (κ2) is 12.6. The zero-order valence-corrected chi connectivity index (χ0v) is 22.1. The van der Waals surface area contributed by atoms with E-state index in [9.17, 15) is 39.5 Å². The molecule has 4 aromatic rings. The topological polar surface area (TPSA) is 18.5 Å². The van der Waals surface area contributed by atoms with E-state index in [0.717, 1.165) is 37.0 Å². The summed E-state index contributed by atoms with van der Waals surface area (Å²) >= 11 is 0. The number of hydrogen-bond acceptors (Lipinski definition) is 2. The van der Waals surface area contributed by atoms with Gasteiger partial charge in [0.1, 0.15) is 40.3 Å². The third-order valence-corrected chi connectivity index (χ3v) is 5.88. The van der Waals surface area contributed by atoms with Crippen LogP contribution in [0.4, 0.5) is 39.5 Å². The third-order valence-electron chi connectivity index (χ3n) is 5.88. The molecule has 0 bridgehead atoms. The molecule has 11 heteroatoms. The number of halogens is 9. The van der Waals surface area contributed by atoms with Crippen LogP contribution in [0.3, 0.4) is 0 Å². The normalized spacial score (nSPS) is 11.4. The largest absolute Gasteiger partial charge is 0.494 e. The van der Waals surface area contributed by atoms with Crippen molar-refractivity contribution in [2.24, 2.45) is 0 Å². The van der Waals surface area contributed by atoms with Crippen LogP contribution in [0.5, 0.6) is 11.5 Å². The fraction of sp³-hybridized carbons (Fsp3) is 0.188. The maximum atomic E-state index is 14.9. The van der Waals surface area contributed by atoms with E-state index >= 15 is 0 Å². The molecule has 0 saturated carbocycles. The first kappa shape index (κ1) is 31.2. The second-order valence-corrected chi connectivity index (χ2v) is 9.09. The second-order valence-electron chi connectivity index (χ2n) is 9.09. The monoisotopic (exact) mass is 606 g/mol. The molecule has 0 amide bonds. The first-order valence-electron chi connectivity index (χ1n) is 12.6. The summed E-state index contributed by atoms with van der Waals surface area (Å²) in [5.74, 6) is 0.860. The quantitative estimate of drug-likeness (QED) is 0.119. The van der Waals surface area contributed by atoms with Crippen LogP contribution >= 0.6 is 0 Å². The molecule has 4 aromatic carbocycles. The van der Waals surface area contributed by atoms with E-state index in [0.29, 0.717) is 36.1 Å². The molecule has 0 fully saturated rings. The highest BCUT2D eigenvalue weighted by Gasteiger charge is 2.41. The van der Waals surface area contributed by atoms with E-state index < -0.39 is 57.8 Å². The minimum Gasteiger partial charge on any atom is -0.494 e. The molecule has 43 heavy (non-hydrogen) atoms. The molecule has 0 unspecified atom stereocenters. The lowest BCUT2D eigenvalue weighted by molar-refractivity contribution is -0.189. The van der Waals surface area contributed by atoms with Gasteiger partial charge in [-0.05, 0) is 72.5 Å². The van der Waals surface area contributed by atoms with Crippen LogP contribution in [0.15, 0.2) is 60.7 Å². The van der Waals surface area contributed by atoms with E-state index in [2.05, 4.69) is 16.6 Å². The fourth-order valence-corrected chi connectivity index (χ4v) is 3.86. The molecule has 0 heterocycles. The van der Waals surface area contributed by atoms with Gasteiger partial charge in [0, 0.05) is 22.4 Å². The smallest absolute Gasteiger partial charge is 0.458 e. The van der Waals surface area contributed by atoms with Gasteiger partial charge in [0.05, 0.1) is 12.2 Å². The number of fused-ring (bicyclic) bond motifs is 1. The van der Waals surface area contributed by atoms with Crippen LogP contribution < -0.4 is 9.47 Å². The Morgan fingerprint density at radius 2 is 1.33 bits per heavy atom. The lowest BCUT2D eigenvalue weighted by Gasteiger charge is -2.20. The van der Waals surface area contributed by atoms with Crippen LogP contribution in [0.1, 0.15) is 42.0 Å². The van der Waals surface area contributed by atoms with Crippen molar-refractivity contribution >= 4 is 10.8 Å². The van der Waals surface area contributed by atoms with Crippen molar-refractivity contribution in [3.05, 3.63) is 106 Å². The van der Waals surface area contributed by atoms with Gasteiger partial charge in [0.2, 0.25) is 0 Å². The van der Waals surface area contributed by atoms with Gasteiger partial charge in [-0.15, -0.1) is 0 Å². The maximum absolute atomic E-state index is 14.9. The Hall–Kier alpha value is -4.77. The number of rotatable bonds is 7. The molecule has 0 aliphatic heterocycles. The molecule has 0 saturated heterocycles. The number of unbranched alkanes of at least 4 members (excludes halogenated alkanes) is 1. The van der Waals surface area contributed by atoms with Gasteiger partial charge in [-0.3, -0.25) is 0 Å². The summed E-state index contributed by atoms with van der Waals surface area (Å²) in [6.07, 6.45) is -7.75. The summed E-state index contributed by atoms with van der Waals surface area (Å²) in [5.41, 5.74) is -2.67. The first-order chi connectivity index (χ1) is 20.3. The van der Waals surface area contributed by atoms with Crippen LogP contribution in [-0.4, -0.2) is 12.8 Å².